The SMILES string of the molecule is COC(=O)C(C)CN(C)CCCN1CCCC1. The zero-order chi connectivity index (χ0) is 12.7. The van der Waals surface area contributed by atoms with E-state index in [1.807, 2.05) is 6.92 Å². The smallest absolute Gasteiger partial charge is 0.309 e. The Bertz CT molecular complexity index is 227. The number of esters is 1. The molecule has 1 rings (SSSR count). The summed E-state index contributed by atoms with van der Waals surface area (Å²) >= 11 is 0. The van der Waals surface area contributed by atoms with Crippen molar-refractivity contribution in [3.63, 3.8) is 0 Å². The van der Waals surface area contributed by atoms with Crippen LogP contribution in [0.15, 0.2) is 0 Å². The first-order chi connectivity index (χ1) is 8.13. The third-order valence-corrected chi connectivity index (χ3v) is 3.40. The van der Waals surface area contributed by atoms with Crippen LogP contribution in [0.3, 0.4) is 0 Å². The number of rotatable bonds is 7. The molecule has 1 fully saturated rings. The van der Waals surface area contributed by atoms with E-state index in [1.54, 1.807) is 0 Å². The van der Waals surface area contributed by atoms with E-state index in [2.05, 4.69) is 16.8 Å². The van der Waals surface area contributed by atoms with E-state index in [4.69, 9.17) is 4.74 Å². The zero-order valence-corrected chi connectivity index (χ0v) is 11.4. The Balaban J connectivity index is 2.07. The van der Waals surface area contributed by atoms with E-state index in [9.17, 15) is 4.79 Å². The summed E-state index contributed by atoms with van der Waals surface area (Å²) in [5.74, 6) is -0.145. The summed E-state index contributed by atoms with van der Waals surface area (Å²) in [7, 11) is 3.52. The van der Waals surface area contributed by atoms with Crippen molar-refractivity contribution in [2.24, 2.45) is 5.92 Å². The van der Waals surface area contributed by atoms with Gasteiger partial charge < -0.3 is 14.5 Å². The quantitative estimate of drug-likeness (QED) is 0.628. The van der Waals surface area contributed by atoms with Gasteiger partial charge in [-0.2, -0.15) is 0 Å². The molecule has 0 aromatic rings. The molecule has 0 saturated carbocycles. The highest BCUT2D eigenvalue weighted by Crippen LogP contribution is 2.08. The van der Waals surface area contributed by atoms with Crippen molar-refractivity contribution in [1.29, 1.82) is 0 Å². The average Bonchev–Trinajstić information content (AvgIpc) is 2.80. The minimum Gasteiger partial charge on any atom is -0.469 e. The van der Waals surface area contributed by atoms with Gasteiger partial charge in [-0.15, -0.1) is 0 Å². The second-order valence-corrected chi connectivity index (χ2v) is 5.09. The molecule has 1 heterocycles. The minimum absolute atomic E-state index is 0.0308. The van der Waals surface area contributed by atoms with E-state index >= 15 is 0 Å². The second-order valence-electron chi connectivity index (χ2n) is 5.09. The van der Waals surface area contributed by atoms with Crippen LogP contribution in [0.4, 0.5) is 0 Å². The van der Waals surface area contributed by atoms with Gasteiger partial charge in [0, 0.05) is 6.54 Å². The van der Waals surface area contributed by atoms with Crippen LogP contribution < -0.4 is 0 Å². The minimum atomic E-state index is -0.114. The summed E-state index contributed by atoms with van der Waals surface area (Å²) < 4.78 is 4.72. The van der Waals surface area contributed by atoms with Crippen molar-refractivity contribution in [3.05, 3.63) is 0 Å². The summed E-state index contributed by atoms with van der Waals surface area (Å²) in [6.07, 6.45) is 3.90. The number of hydrogen-bond acceptors (Lipinski definition) is 4. The summed E-state index contributed by atoms with van der Waals surface area (Å²) in [5, 5.41) is 0. The van der Waals surface area contributed by atoms with Crippen molar-refractivity contribution in [1.82, 2.24) is 9.80 Å². The first kappa shape index (κ1) is 14.5. The molecule has 0 bridgehead atoms. The molecule has 0 aliphatic carbocycles. The molecule has 1 atom stereocenters. The first-order valence-electron chi connectivity index (χ1n) is 6.62. The summed E-state index contributed by atoms with van der Waals surface area (Å²) in [6, 6.07) is 0. The molecule has 1 aliphatic rings. The summed E-state index contributed by atoms with van der Waals surface area (Å²) in [4.78, 5) is 16.0. The van der Waals surface area contributed by atoms with E-state index < -0.39 is 0 Å². The number of hydrogen-bond donors (Lipinski definition) is 0. The summed E-state index contributed by atoms with van der Waals surface area (Å²) in [5.41, 5.74) is 0. The molecule has 0 aromatic heterocycles. The van der Waals surface area contributed by atoms with E-state index in [1.165, 1.54) is 46.0 Å². The Hall–Kier alpha value is -0.610. The largest absolute Gasteiger partial charge is 0.469 e. The van der Waals surface area contributed by atoms with Crippen LogP contribution in [-0.4, -0.2) is 62.7 Å². The standard InChI is InChI=1S/C13H26N2O2/c1-12(13(16)17-3)11-14(2)7-6-10-15-8-4-5-9-15/h12H,4-11H2,1-3H3. The fourth-order valence-corrected chi connectivity index (χ4v) is 2.40. The van der Waals surface area contributed by atoms with Crippen molar-refractivity contribution in [3.8, 4) is 0 Å². The lowest BCUT2D eigenvalue weighted by molar-refractivity contribution is -0.145. The number of carbonyl (C=O) groups is 1. The number of likely N-dealkylation sites (tertiary alicyclic amines) is 1. The maximum absolute atomic E-state index is 11.3. The molecule has 0 spiro atoms. The lowest BCUT2D eigenvalue weighted by Gasteiger charge is -2.21. The van der Waals surface area contributed by atoms with E-state index in [0.717, 1.165) is 13.1 Å². The van der Waals surface area contributed by atoms with Crippen molar-refractivity contribution >= 4 is 5.97 Å². The normalized spacial score (nSPS) is 18.6. The maximum atomic E-state index is 11.3. The lowest BCUT2D eigenvalue weighted by atomic mass is 10.1. The van der Waals surface area contributed by atoms with Crippen LogP contribution >= 0.6 is 0 Å². The first-order valence-corrected chi connectivity index (χ1v) is 6.62. The van der Waals surface area contributed by atoms with Crippen LogP contribution in [0.2, 0.25) is 0 Å². The molecule has 1 aliphatic heterocycles. The second kappa shape index (κ2) is 7.67. The highest BCUT2D eigenvalue weighted by Gasteiger charge is 2.15. The molecule has 17 heavy (non-hydrogen) atoms. The van der Waals surface area contributed by atoms with Gasteiger partial charge in [-0.1, -0.05) is 6.92 Å². The van der Waals surface area contributed by atoms with Gasteiger partial charge in [0.2, 0.25) is 0 Å². The van der Waals surface area contributed by atoms with Gasteiger partial charge >= 0.3 is 5.97 Å². The molecule has 0 radical (unpaired) electrons. The average molecular weight is 242 g/mol. The third-order valence-electron chi connectivity index (χ3n) is 3.40. The predicted molar refractivity (Wildman–Crippen MR) is 69.0 cm³/mol. The molecule has 0 aromatic carbocycles. The van der Waals surface area contributed by atoms with Gasteiger partial charge in [-0.25, -0.2) is 0 Å². The van der Waals surface area contributed by atoms with Crippen LogP contribution in [0.5, 0.6) is 0 Å². The zero-order valence-electron chi connectivity index (χ0n) is 11.4. The molecular weight excluding hydrogens is 216 g/mol. The van der Waals surface area contributed by atoms with Gasteiger partial charge in [0.05, 0.1) is 13.0 Å². The van der Waals surface area contributed by atoms with Gasteiger partial charge in [0.15, 0.2) is 0 Å². The number of nitrogens with zero attached hydrogens (tertiary/aromatic N) is 2. The number of ether oxygens (including phenoxy) is 1. The molecule has 1 unspecified atom stereocenters. The number of carbonyl (C=O) groups excluding carboxylic acids is 1. The highest BCUT2D eigenvalue weighted by molar-refractivity contribution is 5.71. The molecular formula is C13H26N2O2. The Kier molecular flexibility index (Phi) is 6.52. The van der Waals surface area contributed by atoms with Crippen molar-refractivity contribution < 1.29 is 9.53 Å². The van der Waals surface area contributed by atoms with Gasteiger partial charge in [-0.3, -0.25) is 4.79 Å². The van der Waals surface area contributed by atoms with Gasteiger partial charge in [0.25, 0.3) is 0 Å². The Morgan fingerprint density at radius 3 is 2.65 bits per heavy atom. The molecule has 100 valence electrons. The monoisotopic (exact) mass is 242 g/mol. The fraction of sp³-hybridized carbons (Fsp3) is 0.923. The Labute approximate surface area is 105 Å². The predicted octanol–water partition coefficient (Wildman–Crippen LogP) is 1.21. The van der Waals surface area contributed by atoms with Crippen LogP contribution in [0.25, 0.3) is 0 Å². The van der Waals surface area contributed by atoms with Gasteiger partial charge in [0.1, 0.15) is 0 Å². The lowest BCUT2D eigenvalue weighted by Crippen LogP contribution is -2.32. The summed E-state index contributed by atoms with van der Waals surface area (Å²) in [6.45, 7) is 7.48. The topological polar surface area (TPSA) is 32.8 Å². The van der Waals surface area contributed by atoms with Crippen LogP contribution in [0.1, 0.15) is 26.2 Å². The number of methoxy groups -OCH3 is 1. The molecule has 4 nitrogen and oxygen atoms in total. The fourth-order valence-electron chi connectivity index (χ4n) is 2.40. The Morgan fingerprint density at radius 2 is 2.06 bits per heavy atom. The van der Waals surface area contributed by atoms with Crippen molar-refractivity contribution in [2.75, 3.05) is 46.9 Å². The van der Waals surface area contributed by atoms with Gasteiger partial charge in [-0.05, 0) is 52.5 Å². The third kappa shape index (κ3) is 5.50. The molecule has 1 saturated heterocycles. The van der Waals surface area contributed by atoms with Crippen LogP contribution in [0, 0.1) is 5.92 Å². The van der Waals surface area contributed by atoms with E-state index in [-0.39, 0.29) is 11.9 Å². The van der Waals surface area contributed by atoms with Crippen LogP contribution in [-0.2, 0) is 9.53 Å². The van der Waals surface area contributed by atoms with E-state index in [0.29, 0.717) is 0 Å². The maximum Gasteiger partial charge on any atom is 0.309 e. The Morgan fingerprint density at radius 1 is 1.41 bits per heavy atom. The molecule has 0 N–H and O–H groups in total. The molecule has 0 amide bonds. The highest BCUT2D eigenvalue weighted by atomic mass is 16.5. The molecule has 4 heteroatoms. The van der Waals surface area contributed by atoms with Crippen molar-refractivity contribution in [2.45, 2.75) is 26.2 Å².